The highest BCUT2D eigenvalue weighted by molar-refractivity contribution is 7.89. The van der Waals surface area contributed by atoms with E-state index in [1.807, 2.05) is 6.07 Å². The van der Waals surface area contributed by atoms with Gasteiger partial charge in [-0.15, -0.1) is 5.10 Å². The SMILES string of the molecule is CC(=N)NC1CCN(c2ccc(C)c(S(N)(=O)=O)c2-c2nnn[nH]2)CC1. The van der Waals surface area contributed by atoms with E-state index in [2.05, 4.69) is 30.8 Å². The molecule has 1 fully saturated rings. The van der Waals surface area contributed by atoms with Crippen molar-refractivity contribution in [2.45, 2.75) is 37.6 Å². The molecule has 2 heterocycles. The number of hydrogen-bond donors (Lipinski definition) is 4. The quantitative estimate of drug-likeness (QED) is 0.443. The van der Waals surface area contributed by atoms with Crippen molar-refractivity contribution in [1.82, 2.24) is 25.9 Å². The third-order valence-corrected chi connectivity index (χ3v) is 5.55. The lowest BCUT2D eigenvalue weighted by Crippen LogP contribution is -2.44. The maximum atomic E-state index is 12.2. The minimum absolute atomic E-state index is 0.0316. The zero-order valence-corrected chi connectivity index (χ0v) is 15.5. The fourth-order valence-corrected chi connectivity index (χ4v) is 4.37. The van der Waals surface area contributed by atoms with Crippen molar-refractivity contribution in [2.24, 2.45) is 5.14 Å². The van der Waals surface area contributed by atoms with Gasteiger partial charge in [-0.1, -0.05) is 6.07 Å². The molecule has 0 spiro atoms. The lowest BCUT2D eigenvalue weighted by atomic mass is 10.0. The Morgan fingerprint density at radius 3 is 2.62 bits per heavy atom. The molecular formula is C15H22N8O2S. The summed E-state index contributed by atoms with van der Waals surface area (Å²) in [7, 11) is -3.96. The van der Waals surface area contributed by atoms with Gasteiger partial charge in [0.2, 0.25) is 10.0 Å². The number of nitrogens with two attached hydrogens (primary N) is 1. The monoisotopic (exact) mass is 378 g/mol. The van der Waals surface area contributed by atoms with Gasteiger partial charge in [0.05, 0.1) is 16.3 Å². The highest BCUT2D eigenvalue weighted by atomic mass is 32.2. The third-order valence-electron chi connectivity index (χ3n) is 4.46. The summed E-state index contributed by atoms with van der Waals surface area (Å²) in [5, 5.41) is 29.9. The van der Waals surface area contributed by atoms with Crippen LogP contribution >= 0.6 is 0 Å². The molecule has 140 valence electrons. The van der Waals surface area contributed by atoms with Crippen LogP contribution in [0.5, 0.6) is 0 Å². The number of benzene rings is 1. The van der Waals surface area contributed by atoms with Crippen molar-refractivity contribution in [3.05, 3.63) is 17.7 Å². The summed E-state index contributed by atoms with van der Waals surface area (Å²) < 4.78 is 24.4. The summed E-state index contributed by atoms with van der Waals surface area (Å²) in [6, 6.07) is 3.86. The van der Waals surface area contributed by atoms with E-state index in [1.165, 1.54) is 0 Å². The molecule has 0 atom stereocenters. The van der Waals surface area contributed by atoms with Gasteiger partial charge in [-0.05, 0) is 48.7 Å². The van der Waals surface area contributed by atoms with Gasteiger partial charge in [0.1, 0.15) is 0 Å². The van der Waals surface area contributed by atoms with E-state index in [9.17, 15) is 8.42 Å². The Morgan fingerprint density at radius 2 is 2.08 bits per heavy atom. The Bertz CT molecular complexity index is 902. The number of sulfonamides is 1. The number of aromatic amines is 1. The lowest BCUT2D eigenvalue weighted by Gasteiger charge is -2.35. The maximum Gasteiger partial charge on any atom is 0.239 e. The number of rotatable bonds is 4. The molecule has 0 radical (unpaired) electrons. The third kappa shape index (κ3) is 3.68. The Hall–Kier alpha value is -2.53. The minimum atomic E-state index is -3.96. The van der Waals surface area contributed by atoms with Crippen molar-refractivity contribution in [3.63, 3.8) is 0 Å². The zero-order chi connectivity index (χ0) is 18.9. The number of piperidine rings is 1. The number of amidine groups is 1. The number of hydrogen-bond acceptors (Lipinski definition) is 7. The number of H-pyrrole nitrogens is 1. The van der Waals surface area contributed by atoms with Gasteiger partial charge in [0, 0.05) is 24.8 Å². The summed E-state index contributed by atoms with van der Waals surface area (Å²) in [5.74, 6) is 0.715. The molecule has 1 aliphatic heterocycles. The Balaban J connectivity index is 2.02. The fourth-order valence-electron chi connectivity index (χ4n) is 3.37. The summed E-state index contributed by atoms with van der Waals surface area (Å²) in [6.45, 7) is 4.85. The van der Waals surface area contributed by atoms with Gasteiger partial charge >= 0.3 is 0 Å². The fraction of sp³-hybridized carbons (Fsp3) is 0.467. The average Bonchev–Trinajstić information content (AvgIpc) is 3.08. The first kappa shape index (κ1) is 18.3. The summed E-state index contributed by atoms with van der Waals surface area (Å²) in [4.78, 5) is 2.13. The summed E-state index contributed by atoms with van der Waals surface area (Å²) in [6.07, 6.45) is 1.67. The van der Waals surface area contributed by atoms with E-state index in [4.69, 9.17) is 10.5 Å². The molecule has 10 nitrogen and oxygen atoms in total. The first-order valence-electron chi connectivity index (χ1n) is 8.24. The predicted octanol–water partition coefficient (Wildman–Crippen LogP) is 0.378. The highest BCUT2D eigenvalue weighted by Gasteiger charge is 2.28. The molecule has 1 saturated heterocycles. The topological polar surface area (TPSA) is 154 Å². The van der Waals surface area contributed by atoms with Gasteiger partial charge in [-0.2, -0.15) is 0 Å². The molecule has 1 aromatic heterocycles. The molecule has 26 heavy (non-hydrogen) atoms. The van der Waals surface area contributed by atoms with Crippen molar-refractivity contribution in [3.8, 4) is 11.4 Å². The molecule has 3 rings (SSSR count). The van der Waals surface area contributed by atoms with E-state index in [0.717, 1.165) is 18.5 Å². The van der Waals surface area contributed by atoms with Gasteiger partial charge in [-0.3, -0.25) is 5.41 Å². The van der Waals surface area contributed by atoms with Crippen LogP contribution in [0.4, 0.5) is 5.69 Å². The lowest BCUT2D eigenvalue weighted by molar-refractivity contribution is 0.465. The number of tetrazole rings is 1. The molecule has 0 aliphatic carbocycles. The molecular weight excluding hydrogens is 356 g/mol. The van der Waals surface area contributed by atoms with Crippen LogP contribution in [-0.4, -0.2) is 54.0 Å². The van der Waals surface area contributed by atoms with Crippen molar-refractivity contribution in [2.75, 3.05) is 18.0 Å². The summed E-state index contributed by atoms with van der Waals surface area (Å²) >= 11 is 0. The summed E-state index contributed by atoms with van der Waals surface area (Å²) in [5.41, 5.74) is 1.66. The van der Waals surface area contributed by atoms with E-state index in [-0.39, 0.29) is 16.8 Å². The van der Waals surface area contributed by atoms with Gasteiger partial charge in [-0.25, -0.2) is 18.7 Å². The molecule has 0 saturated carbocycles. The van der Waals surface area contributed by atoms with Crippen LogP contribution in [0, 0.1) is 12.3 Å². The normalized spacial score (nSPS) is 15.9. The van der Waals surface area contributed by atoms with Gasteiger partial charge in [0.15, 0.2) is 5.82 Å². The zero-order valence-electron chi connectivity index (χ0n) is 14.7. The molecule has 5 N–H and O–H groups in total. The highest BCUT2D eigenvalue weighted by Crippen LogP contribution is 2.37. The number of anilines is 1. The predicted molar refractivity (Wildman–Crippen MR) is 97.5 cm³/mol. The van der Waals surface area contributed by atoms with Crippen LogP contribution in [0.15, 0.2) is 17.0 Å². The van der Waals surface area contributed by atoms with E-state index >= 15 is 0 Å². The number of aromatic nitrogens is 4. The standard InChI is InChI=1S/C15H22N8O2S/c1-9-3-4-12(23-7-5-11(6-8-23)18-10(2)16)13(14(9)26(17,24)25)15-19-21-22-20-15/h3-4,11H,5-8H2,1-2H3,(H2,16,18)(H2,17,24,25)(H,19,20,21,22). The van der Waals surface area contributed by atoms with Gasteiger partial charge < -0.3 is 10.2 Å². The molecule has 0 unspecified atom stereocenters. The van der Waals surface area contributed by atoms with Crippen molar-refractivity contribution in [1.29, 1.82) is 5.41 Å². The molecule has 2 aromatic rings. The second kappa shape index (κ2) is 7.00. The number of aryl methyl sites for hydroxylation is 1. The van der Waals surface area contributed by atoms with E-state index in [1.54, 1.807) is 19.9 Å². The Morgan fingerprint density at radius 1 is 1.38 bits per heavy atom. The number of nitrogens with zero attached hydrogens (tertiary/aromatic N) is 4. The van der Waals surface area contributed by atoms with Crippen LogP contribution in [0.3, 0.4) is 0 Å². The number of nitrogens with one attached hydrogen (secondary N) is 3. The largest absolute Gasteiger partial charge is 0.371 e. The average molecular weight is 378 g/mol. The Kier molecular flexibility index (Phi) is 4.92. The van der Waals surface area contributed by atoms with Crippen molar-refractivity contribution < 1.29 is 8.42 Å². The molecule has 1 aliphatic rings. The van der Waals surface area contributed by atoms with E-state index in [0.29, 0.717) is 30.1 Å². The first-order valence-corrected chi connectivity index (χ1v) is 9.79. The molecule has 1 aromatic carbocycles. The minimum Gasteiger partial charge on any atom is -0.371 e. The Labute approximate surface area is 151 Å². The van der Waals surface area contributed by atoms with Crippen LogP contribution < -0.4 is 15.4 Å². The first-order chi connectivity index (χ1) is 12.3. The van der Waals surface area contributed by atoms with Crippen LogP contribution in [0.1, 0.15) is 25.3 Å². The second-order valence-electron chi connectivity index (χ2n) is 6.43. The molecule has 0 amide bonds. The van der Waals surface area contributed by atoms with Crippen LogP contribution in [0.25, 0.3) is 11.4 Å². The van der Waals surface area contributed by atoms with Crippen molar-refractivity contribution >= 4 is 21.5 Å². The van der Waals surface area contributed by atoms with E-state index < -0.39 is 10.0 Å². The van der Waals surface area contributed by atoms with Crippen LogP contribution in [-0.2, 0) is 10.0 Å². The van der Waals surface area contributed by atoms with Crippen LogP contribution in [0.2, 0.25) is 0 Å². The number of primary sulfonamides is 1. The second-order valence-corrected chi connectivity index (χ2v) is 7.93. The van der Waals surface area contributed by atoms with Gasteiger partial charge in [0.25, 0.3) is 0 Å². The maximum absolute atomic E-state index is 12.2. The molecule has 0 bridgehead atoms. The molecule has 11 heteroatoms. The smallest absolute Gasteiger partial charge is 0.239 e.